The number of piperidine rings is 1. The number of halogens is 2. The third kappa shape index (κ3) is 4.12. The number of rotatable bonds is 7. The van der Waals surface area contributed by atoms with Crippen LogP contribution in [0.15, 0.2) is 0 Å². The summed E-state index contributed by atoms with van der Waals surface area (Å²) in [6, 6.07) is 0.199. The highest BCUT2D eigenvalue weighted by molar-refractivity contribution is 5.59. The van der Waals surface area contributed by atoms with Crippen molar-refractivity contribution >= 4 is 6.03 Å². The molecule has 3 saturated carbocycles. The van der Waals surface area contributed by atoms with Crippen molar-refractivity contribution in [3.8, 4) is 0 Å². The van der Waals surface area contributed by atoms with E-state index >= 15 is 0 Å². The van der Waals surface area contributed by atoms with Gasteiger partial charge in [-0.1, -0.05) is 0 Å². The van der Waals surface area contributed by atoms with Gasteiger partial charge in [0.05, 0.1) is 40.8 Å². The lowest BCUT2D eigenvalue weighted by atomic mass is 9.94. The second-order valence-corrected chi connectivity index (χ2v) is 11.5. The first-order valence-electron chi connectivity index (χ1n) is 12.2. The number of quaternary nitrogens is 2. The summed E-state index contributed by atoms with van der Waals surface area (Å²) in [5, 5.41) is 8.70. The number of fused-ring (bicyclic) bond motifs is 1. The maximum absolute atomic E-state index is 13.4. The Bertz CT molecular complexity index is 846. The van der Waals surface area contributed by atoms with Crippen molar-refractivity contribution in [2.75, 3.05) is 54.0 Å². The number of likely N-dealkylation sites (tertiary alicyclic amines) is 1. The maximum Gasteiger partial charge on any atom is 0.513 e. The number of hydrogen-bond donors (Lipinski definition) is 1. The summed E-state index contributed by atoms with van der Waals surface area (Å²) in [5.41, 5.74) is 0. The zero-order valence-electron chi connectivity index (χ0n) is 19.5. The Hall–Kier alpha value is -1.45. The van der Waals surface area contributed by atoms with Gasteiger partial charge in [0.2, 0.25) is 0 Å². The van der Waals surface area contributed by atoms with Gasteiger partial charge in [-0.05, 0) is 31.6 Å². The highest BCUT2D eigenvalue weighted by Crippen LogP contribution is 2.65. The SMILES string of the molecule is C[N+](C)(CCOCC1CC2C(C1)C2(F)F)C(=O)[N+]1(C)CCC(c2nnc(C3CC3)[nH]2)CC1. The molecule has 1 aliphatic heterocycles. The van der Waals surface area contributed by atoms with Gasteiger partial charge in [-0.15, -0.1) is 10.2 Å². The van der Waals surface area contributed by atoms with Crippen LogP contribution in [0.2, 0.25) is 0 Å². The average molecular weight is 454 g/mol. The molecule has 5 rings (SSSR count). The fraction of sp³-hybridized carbons (Fsp3) is 0.870. The van der Waals surface area contributed by atoms with Crippen molar-refractivity contribution in [1.29, 1.82) is 0 Å². The van der Waals surface area contributed by atoms with Gasteiger partial charge >= 0.3 is 6.03 Å². The van der Waals surface area contributed by atoms with E-state index in [1.807, 2.05) is 21.1 Å². The van der Waals surface area contributed by atoms with Crippen LogP contribution in [-0.2, 0) is 4.74 Å². The van der Waals surface area contributed by atoms with E-state index in [-0.39, 0.29) is 16.4 Å². The molecule has 4 aliphatic rings. The predicted molar refractivity (Wildman–Crippen MR) is 114 cm³/mol. The Morgan fingerprint density at radius 2 is 1.66 bits per heavy atom. The van der Waals surface area contributed by atoms with Crippen molar-refractivity contribution in [2.24, 2.45) is 17.8 Å². The number of likely N-dealkylation sites (N-methyl/N-ethyl adjacent to an activating group) is 1. The van der Waals surface area contributed by atoms with Crippen LogP contribution in [0, 0.1) is 17.8 Å². The minimum absolute atomic E-state index is 0.199. The van der Waals surface area contributed by atoms with Crippen LogP contribution in [0.1, 0.15) is 62.0 Å². The molecule has 2 unspecified atom stereocenters. The normalized spacial score (nSPS) is 36.2. The van der Waals surface area contributed by atoms with Crippen molar-refractivity contribution in [1.82, 2.24) is 15.2 Å². The molecule has 2 amide bonds. The average Bonchev–Trinajstić information content (AvgIpc) is 3.50. The first-order chi connectivity index (χ1) is 15.1. The molecule has 0 radical (unpaired) electrons. The molecule has 0 bridgehead atoms. The van der Waals surface area contributed by atoms with E-state index in [2.05, 4.69) is 15.2 Å². The monoisotopic (exact) mass is 453 g/mol. The fourth-order valence-corrected chi connectivity index (χ4v) is 5.96. The first-order valence-corrected chi connectivity index (χ1v) is 12.2. The Balaban J connectivity index is 1.06. The predicted octanol–water partition coefficient (Wildman–Crippen LogP) is 3.51. The van der Waals surface area contributed by atoms with E-state index in [0.29, 0.717) is 48.9 Å². The summed E-state index contributed by atoms with van der Waals surface area (Å²) in [6.45, 7) is 3.20. The molecule has 178 valence electrons. The molecule has 1 aromatic rings. The van der Waals surface area contributed by atoms with E-state index in [0.717, 1.165) is 37.6 Å². The van der Waals surface area contributed by atoms with E-state index in [1.165, 1.54) is 12.8 Å². The molecule has 2 atom stereocenters. The largest absolute Gasteiger partial charge is 0.513 e. The first kappa shape index (κ1) is 22.3. The number of amides is 2. The van der Waals surface area contributed by atoms with Gasteiger partial charge in [-0.25, -0.2) is 17.7 Å². The van der Waals surface area contributed by atoms with E-state index < -0.39 is 17.8 Å². The lowest BCUT2D eigenvalue weighted by Crippen LogP contribution is -2.64. The molecule has 1 aromatic heterocycles. The number of nitrogens with one attached hydrogen (secondary N) is 1. The summed E-state index contributed by atoms with van der Waals surface area (Å²) >= 11 is 0. The van der Waals surface area contributed by atoms with Crippen LogP contribution >= 0.6 is 0 Å². The van der Waals surface area contributed by atoms with Crippen LogP contribution in [0.5, 0.6) is 0 Å². The molecular weight excluding hydrogens is 416 g/mol. The molecule has 7 nitrogen and oxygen atoms in total. The zero-order valence-corrected chi connectivity index (χ0v) is 19.5. The molecule has 0 spiro atoms. The molecule has 1 saturated heterocycles. The van der Waals surface area contributed by atoms with Crippen LogP contribution in [0.4, 0.5) is 13.6 Å². The van der Waals surface area contributed by atoms with Gasteiger partial charge in [0, 0.05) is 43.1 Å². The third-order valence-corrected chi connectivity index (χ3v) is 8.48. The number of nitrogens with zero attached hydrogens (tertiary/aromatic N) is 4. The quantitative estimate of drug-likeness (QED) is 0.507. The van der Waals surface area contributed by atoms with Crippen LogP contribution in [0.3, 0.4) is 0 Å². The van der Waals surface area contributed by atoms with Crippen LogP contribution in [-0.4, -0.2) is 90.1 Å². The number of aromatic nitrogens is 3. The lowest BCUT2D eigenvalue weighted by Gasteiger charge is -2.40. The molecule has 4 fully saturated rings. The van der Waals surface area contributed by atoms with Gasteiger partial charge < -0.3 is 9.72 Å². The van der Waals surface area contributed by atoms with E-state index in [1.54, 1.807) is 0 Å². The number of ether oxygens (including phenoxy) is 1. The van der Waals surface area contributed by atoms with Crippen LogP contribution < -0.4 is 0 Å². The van der Waals surface area contributed by atoms with Gasteiger partial charge in [-0.3, -0.25) is 0 Å². The number of urea groups is 1. The summed E-state index contributed by atoms with van der Waals surface area (Å²) in [5.74, 6) is -0.0579. The summed E-state index contributed by atoms with van der Waals surface area (Å²) in [6.07, 6.45) is 5.42. The number of alkyl halides is 2. The summed E-state index contributed by atoms with van der Waals surface area (Å²) in [4.78, 5) is 16.8. The van der Waals surface area contributed by atoms with Gasteiger partial charge in [0.15, 0.2) is 0 Å². The maximum atomic E-state index is 13.4. The van der Waals surface area contributed by atoms with Crippen molar-refractivity contribution in [3.05, 3.63) is 11.6 Å². The lowest BCUT2D eigenvalue weighted by molar-refractivity contribution is -0.949. The molecule has 1 N–H and O–H groups in total. The zero-order chi connectivity index (χ0) is 22.7. The molecule has 3 aliphatic carbocycles. The minimum Gasteiger partial charge on any atom is -0.375 e. The van der Waals surface area contributed by atoms with E-state index in [9.17, 15) is 13.6 Å². The van der Waals surface area contributed by atoms with Crippen molar-refractivity contribution in [2.45, 2.75) is 56.3 Å². The summed E-state index contributed by atoms with van der Waals surface area (Å²) < 4.78 is 33.2. The molecular formula is C23H37F2N5O2+2. The Morgan fingerprint density at radius 1 is 1.09 bits per heavy atom. The Morgan fingerprint density at radius 3 is 2.22 bits per heavy atom. The number of H-pyrrole nitrogens is 1. The minimum atomic E-state index is -2.42. The number of aromatic amines is 1. The standard InChI is InChI=1S/C23H37F2N5O2/c1-29(2,10-11-32-14-15-12-18-19(13-15)23(18,24)25)22(31)30(3)8-6-17(7-9-30)21-26-20(27-28-21)16-4-5-16/h15-19H,4-14H2,1-3H3,(H,26,27,28)/q+2. The Labute approximate surface area is 188 Å². The molecule has 2 heterocycles. The van der Waals surface area contributed by atoms with Gasteiger partial charge in [0.1, 0.15) is 18.2 Å². The second kappa shape index (κ2) is 7.81. The molecule has 9 heteroatoms. The third-order valence-electron chi connectivity index (χ3n) is 8.48. The van der Waals surface area contributed by atoms with Crippen molar-refractivity contribution in [3.63, 3.8) is 0 Å². The second-order valence-electron chi connectivity index (χ2n) is 11.5. The van der Waals surface area contributed by atoms with E-state index in [4.69, 9.17) is 4.74 Å². The molecule has 0 aromatic carbocycles. The highest BCUT2D eigenvalue weighted by atomic mass is 19.3. The topological polar surface area (TPSA) is 67.9 Å². The van der Waals surface area contributed by atoms with Gasteiger partial charge in [0.25, 0.3) is 5.92 Å². The van der Waals surface area contributed by atoms with Gasteiger partial charge in [-0.2, -0.15) is 4.79 Å². The summed E-state index contributed by atoms with van der Waals surface area (Å²) in [7, 11) is 5.94. The number of hydrogen-bond acceptors (Lipinski definition) is 4. The van der Waals surface area contributed by atoms with Crippen molar-refractivity contribution < 1.29 is 27.3 Å². The molecule has 32 heavy (non-hydrogen) atoms. The van der Waals surface area contributed by atoms with Crippen LogP contribution in [0.25, 0.3) is 0 Å². The Kier molecular flexibility index (Phi) is 5.45. The number of carbonyl (C=O) groups is 1. The highest BCUT2D eigenvalue weighted by Gasteiger charge is 2.71. The number of carbonyl (C=O) groups excluding carboxylic acids is 1. The smallest absolute Gasteiger partial charge is 0.375 e. The fourth-order valence-electron chi connectivity index (χ4n) is 5.96.